The molecule has 100 valence electrons. The molecule has 0 saturated heterocycles. The first kappa shape index (κ1) is 12.5. The van der Waals surface area contributed by atoms with E-state index in [9.17, 15) is 4.79 Å². The minimum atomic E-state index is -0.0250. The van der Waals surface area contributed by atoms with E-state index in [0.717, 1.165) is 16.5 Å². The normalized spacial score (nSPS) is 10.7. The van der Waals surface area contributed by atoms with Gasteiger partial charge in [0.1, 0.15) is 5.75 Å². The van der Waals surface area contributed by atoms with Crippen molar-refractivity contribution in [1.29, 1.82) is 0 Å². The van der Waals surface area contributed by atoms with E-state index >= 15 is 0 Å². The highest BCUT2D eigenvalue weighted by molar-refractivity contribution is 6.18. The summed E-state index contributed by atoms with van der Waals surface area (Å²) < 4.78 is 5.28. The van der Waals surface area contributed by atoms with Crippen LogP contribution in [0.4, 0.5) is 0 Å². The van der Waals surface area contributed by atoms with Gasteiger partial charge in [-0.3, -0.25) is 4.79 Å². The summed E-state index contributed by atoms with van der Waals surface area (Å²) >= 11 is 0. The van der Waals surface area contributed by atoms with E-state index in [4.69, 9.17) is 4.74 Å². The number of rotatable bonds is 3. The van der Waals surface area contributed by atoms with Crippen LogP contribution in [0.1, 0.15) is 21.5 Å². The molecule has 0 atom stereocenters. The first-order chi connectivity index (χ1) is 9.72. The fourth-order valence-electron chi connectivity index (χ4n) is 2.52. The van der Waals surface area contributed by atoms with Crippen LogP contribution >= 0.6 is 0 Å². The summed E-state index contributed by atoms with van der Waals surface area (Å²) in [6.07, 6.45) is 1.77. The fraction of sp³-hybridized carbons (Fsp3) is 0.118. The van der Waals surface area contributed by atoms with Crippen LogP contribution in [-0.2, 0) is 0 Å². The number of aromatic nitrogens is 1. The lowest BCUT2D eigenvalue weighted by molar-refractivity contribution is 0.103. The van der Waals surface area contributed by atoms with Crippen molar-refractivity contribution in [3.8, 4) is 5.75 Å². The van der Waals surface area contributed by atoms with Gasteiger partial charge in [0.2, 0.25) is 0 Å². The fourth-order valence-corrected chi connectivity index (χ4v) is 2.52. The van der Waals surface area contributed by atoms with Crippen molar-refractivity contribution in [3.63, 3.8) is 0 Å². The van der Waals surface area contributed by atoms with Crippen LogP contribution in [0, 0.1) is 6.92 Å². The van der Waals surface area contributed by atoms with Gasteiger partial charge in [-0.15, -0.1) is 0 Å². The topological polar surface area (TPSA) is 42.1 Å². The number of ether oxygens (including phenoxy) is 1. The monoisotopic (exact) mass is 265 g/mol. The minimum absolute atomic E-state index is 0.0250. The molecule has 0 spiro atoms. The second kappa shape index (κ2) is 4.85. The van der Waals surface area contributed by atoms with E-state index in [1.807, 2.05) is 37.3 Å². The molecule has 20 heavy (non-hydrogen) atoms. The third kappa shape index (κ3) is 1.88. The Balaban J connectivity index is 2.18. The van der Waals surface area contributed by atoms with Crippen molar-refractivity contribution in [1.82, 2.24) is 4.98 Å². The zero-order valence-electron chi connectivity index (χ0n) is 11.4. The second-order valence-electron chi connectivity index (χ2n) is 4.73. The number of aromatic amines is 1. The Labute approximate surface area is 117 Å². The molecule has 0 aliphatic carbocycles. The highest BCUT2D eigenvalue weighted by atomic mass is 16.5. The molecule has 3 heteroatoms. The number of ketones is 1. The number of carbonyl (C=O) groups is 1. The van der Waals surface area contributed by atoms with Gasteiger partial charge in [-0.05, 0) is 30.7 Å². The molecular weight excluding hydrogens is 250 g/mol. The zero-order valence-corrected chi connectivity index (χ0v) is 11.4. The lowest BCUT2D eigenvalue weighted by atomic mass is 9.99. The van der Waals surface area contributed by atoms with Crippen LogP contribution in [0.15, 0.2) is 48.7 Å². The molecule has 3 rings (SSSR count). The molecule has 3 aromatic rings. The number of aryl methyl sites for hydroxylation is 1. The third-order valence-electron chi connectivity index (χ3n) is 3.51. The molecule has 2 aromatic carbocycles. The Bertz CT molecular complexity index is 787. The van der Waals surface area contributed by atoms with Crippen molar-refractivity contribution in [2.45, 2.75) is 6.92 Å². The quantitative estimate of drug-likeness (QED) is 0.733. The molecule has 0 fully saturated rings. The van der Waals surface area contributed by atoms with Crippen LogP contribution in [-0.4, -0.2) is 17.9 Å². The molecule has 1 N–H and O–H groups in total. The van der Waals surface area contributed by atoms with Gasteiger partial charge in [-0.2, -0.15) is 0 Å². The van der Waals surface area contributed by atoms with Gasteiger partial charge in [0.25, 0.3) is 0 Å². The van der Waals surface area contributed by atoms with Crippen LogP contribution < -0.4 is 4.74 Å². The summed E-state index contributed by atoms with van der Waals surface area (Å²) in [6, 6.07) is 13.3. The Morgan fingerprint density at radius 2 is 1.85 bits per heavy atom. The van der Waals surface area contributed by atoms with Crippen LogP contribution in [0.3, 0.4) is 0 Å². The average molecular weight is 265 g/mol. The predicted octanol–water partition coefficient (Wildman–Crippen LogP) is 3.72. The molecule has 1 heterocycles. The van der Waals surface area contributed by atoms with E-state index in [0.29, 0.717) is 16.9 Å². The molecule has 0 aliphatic rings. The predicted molar refractivity (Wildman–Crippen MR) is 79.5 cm³/mol. The summed E-state index contributed by atoms with van der Waals surface area (Å²) in [6.45, 7) is 2.01. The van der Waals surface area contributed by atoms with Crippen molar-refractivity contribution in [2.24, 2.45) is 0 Å². The standard InChI is InChI=1S/C17H15NO2/c1-11-6-5-8-14-16(11)13(10-18-14)17(19)12-7-3-4-9-15(12)20-2/h3-10,18H,1-2H3. The van der Waals surface area contributed by atoms with Gasteiger partial charge in [0, 0.05) is 22.7 Å². The van der Waals surface area contributed by atoms with Gasteiger partial charge in [-0.1, -0.05) is 24.3 Å². The van der Waals surface area contributed by atoms with E-state index in [2.05, 4.69) is 4.98 Å². The van der Waals surface area contributed by atoms with E-state index < -0.39 is 0 Å². The van der Waals surface area contributed by atoms with Gasteiger partial charge >= 0.3 is 0 Å². The number of hydrogen-bond acceptors (Lipinski definition) is 2. The lowest BCUT2D eigenvalue weighted by Gasteiger charge is -2.07. The number of methoxy groups -OCH3 is 1. The third-order valence-corrected chi connectivity index (χ3v) is 3.51. The van der Waals surface area contributed by atoms with Crippen molar-refractivity contribution in [2.75, 3.05) is 7.11 Å². The number of H-pyrrole nitrogens is 1. The summed E-state index contributed by atoms with van der Waals surface area (Å²) in [5, 5.41) is 0.975. The number of carbonyl (C=O) groups excluding carboxylic acids is 1. The largest absolute Gasteiger partial charge is 0.496 e. The Morgan fingerprint density at radius 3 is 2.65 bits per heavy atom. The summed E-state index contributed by atoms with van der Waals surface area (Å²) in [7, 11) is 1.58. The van der Waals surface area contributed by atoms with Crippen molar-refractivity contribution < 1.29 is 9.53 Å². The van der Waals surface area contributed by atoms with Crippen molar-refractivity contribution >= 4 is 16.7 Å². The Morgan fingerprint density at radius 1 is 1.05 bits per heavy atom. The number of nitrogens with one attached hydrogen (secondary N) is 1. The maximum Gasteiger partial charge on any atom is 0.198 e. The van der Waals surface area contributed by atoms with Gasteiger partial charge in [0.15, 0.2) is 5.78 Å². The second-order valence-corrected chi connectivity index (χ2v) is 4.73. The first-order valence-electron chi connectivity index (χ1n) is 6.47. The minimum Gasteiger partial charge on any atom is -0.496 e. The molecule has 0 radical (unpaired) electrons. The number of benzene rings is 2. The molecule has 0 bridgehead atoms. The summed E-state index contributed by atoms with van der Waals surface area (Å²) in [5.41, 5.74) is 3.33. The van der Waals surface area contributed by atoms with E-state index in [1.165, 1.54) is 0 Å². The number of para-hydroxylation sites is 1. The Hall–Kier alpha value is -2.55. The first-order valence-corrected chi connectivity index (χ1v) is 6.47. The van der Waals surface area contributed by atoms with Gasteiger partial charge in [-0.25, -0.2) is 0 Å². The summed E-state index contributed by atoms with van der Waals surface area (Å²) in [5.74, 6) is 0.573. The highest BCUT2D eigenvalue weighted by Gasteiger charge is 2.18. The maximum atomic E-state index is 12.8. The maximum absolute atomic E-state index is 12.8. The molecule has 0 amide bonds. The van der Waals surface area contributed by atoms with Gasteiger partial charge < -0.3 is 9.72 Å². The van der Waals surface area contributed by atoms with Gasteiger partial charge in [0.05, 0.1) is 12.7 Å². The lowest BCUT2D eigenvalue weighted by Crippen LogP contribution is -2.03. The highest BCUT2D eigenvalue weighted by Crippen LogP contribution is 2.27. The molecule has 0 unspecified atom stereocenters. The summed E-state index contributed by atoms with van der Waals surface area (Å²) in [4.78, 5) is 15.9. The number of hydrogen-bond donors (Lipinski definition) is 1. The molecular formula is C17H15NO2. The molecule has 1 aromatic heterocycles. The average Bonchev–Trinajstić information content (AvgIpc) is 2.92. The van der Waals surface area contributed by atoms with Crippen LogP contribution in [0.2, 0.25) is 0 Å². The van der Waals surface area contributed by atoms with E-state index in [-0.39, 0.29) is 5.78 Å². The van der Waals surface area contributed by atoms with Crippen LogP contribution in [0.25, 0.3) is 10.9 Å². The van der Waals surface area contributed by atoms with E-state index in [1.54, 1.807) is 25.4 Å². The van der Waals surface area contributed by atoms with Crippen molar-refractivity contribution in [3.05, 3.63) is 65.4 Å². The Kier molecular flexibility index (Phi) is 3.03. The van der Waals surface area contributed by atoms with Crippen LogP contribution in [0.5, 0.6) is 5.75 Å². The SMILES string of the molecule is COc1ccccc1C(=O)c1c[nH]c2cccc(C)c12. The molecule has 0 saturated carbocycles. The zero-order chi connectivity index (χ0) is 14.1. The smallest absolute Gasteiger partial charge is 0.198 e. The molecule has 0 aliphatic heterocycles. The molecule has 3 nitrogen and oxygen atoms in total. The number of fused-ring (bicyclic) bond motifs is 1.